The molecule has 2 N–H and O–H groups in total. The van der Waals surface area contributed by atoms with Crippen molar-refractivity contribution in [2.45, 2.75) is 77.7 Å². The maximum atomic E-state index is 12.3. The van der Waals surface area contributed by atoms with Gasteiger partial charge >= 0.3 is 0 Å². The van der Waals surface area contributed by atoms with Crippen LogP contribution in [0.3, 0.4) is 0 Å². The van der Waals surface area contributed by atoms with Crippen LogP contribution in [0, 0.1) is 11.3 Å². The van der Waals surface area contributed by atoms with Gasteiger partial charge in [-0.2, -0.15) is 0 Å². The highest BCUT2D eigenvalue weighted by molar-refractivity contribution is 5.76. The quantitative estimate of drug-likeness (QED) is 0.858. The molecule has 20 heavy (non-hydrogen) atoms. The van der Waals surface area contributed by atoms with E-state index in [9.17, 15) is 4.79 Å². The molecule has 0 aromatic carbocycles. The van der Waals surface area contributed by atoms with Crippen LogP contribution < -0.4 is 5.73 Å². The highest BCUT2D eigenvalue weighted by Crippen LogP contribution is 2.34. The first-order chi connectivity index (χ1) is 9.52. The fourth-order valence-corrected chi connectivity index (χ4v) is 3.61. The van der Waals surface area contributed by atoms with Crippen LogP contribution in [0.2, 0.25) is 0 Å². The van der Waals surface area contributed by atoms with Crippen LogP contribution in [0.15, 0.2) is 0 Å². The molecule has 0 atom stereocenters. The molecule has 0 radical (unpaired) electrons. The summed E-state index contributed by atoms with van der Waals surface area (Å²) in [7, 11) is 0. The van der Waals surface area contributed by atoms with Crippen molar-refractivity contribution < 1.29 is 4.79 Å². The molecule has 0 bridgehead atoms. The number of likely N-dealkylation sites (tertiary alicyclic amines) is 1. The highest BCUT2D eigenvalue weighted by Gasteiger charge is 2.30. The van der Waals surface area contributed by atoms with E-state index in [1.54, 1.807) is 0 Å². The molecule has 2 fully saturated rings. The zero-order chi connectivity index (χ0) is 14.6. The molecular formula is C17H32N2O. The second kappa shape index (κ2) is 6.93. The number of hydrogen-bond acceptors (Lipinski definition) is 2. The van der Waals surface area contributed by atoms with Crippen molar-refractivity contribution in [1.82, 2.24) is 4.90 Å². The molecule has 0 spiro atoms. The van der Waals surface area contributed by atoms with Crippen molar-refractivity contribution >= 4 is 5.91 Å². The van der Waals surface area contributed by atoms with Crippen LogP contribution in [0.4, 0.5) is 0 Å². The summed E-state index contributed by atoms with van der Waals surface area (Å²) in [5.74, 6) is 1.13. The summed E-state index contributed by atoms with van der Waals surface area (Å²) in [6.45, 7) is 6.57. The van der Waals surface area contributed by atoms with Crippen LogP contribution >= 0.6 is 0 Å². The topological polar surface area (TPSA) is 46.3 Å². The summed E-state index contributed by atoms with van der Waals surface area (Å²) < 4.78 is 0. The molecule has 116 valence electrons. The third-order valence-electron chi connectivity index (χ3n) is 5.83. The monoisotopic (exact) mass is 280 g/mol. The number of piperidine rings is 1. The maximum absolute atomic E-state index is 12.3. The van der Waals surface area contributed by atoms with Gasteiger partial charge in [0.2, 0.25) is 5.91 Å². The SMILES string of the molecule is CCC1(C)CCN(C(=O)CCC2CCC(N)CC2)CC1. The number of nitrogens with two attached hydrogens (primary N) is 1. The molecule has 3 heteroatoms. The molecule has 2 rings (SSSR count). The Labute approximate surface area is 124 Å². The van der Waals surface area contributed by atoms with Crippen LogP contribution in [-0.4, -0.2) is 29.9 Å². The minimum Gasteiger partial charge on any atom is -0.343 e. The normalized spacial score (nSPS) is 30.2. The van der Waals surface area contributed by atoms with E-state index in [2.05, 4.69) is 18.7 Å². The second-order valence-corrected chi connectivity index (χ2v) is 7.36. The zero-order valence-corrected chi connectivity index (χ0v) is 13.4. The Kier molecular flexibility index (Phi) is 5.48. The molecule has 0 aromatic rings. The third kappa shape index (κ3) is 4.21. The van der Waals surface area contributed by atoms with Gasteiger partial charge < -0.3 is 10.6 Å². The molecular weight excluding hydrogens is 248 g/mol. The van der Waals surface area contributed by atoms with Crippen LogP contribution in [0.1, 0.15) is 71.6 Å². The van der Waals surface area contributed by atoms with Gasteiger partial charge in [0.25, 0.3) is 0 Å². The summed E-state index contributed by atoms with van der Waals surface area (Å²) in [5, 5.41) is 0. The molecule has 0 aromatic heterocycles. The van der Waals surface area contributed by atoms with Gasteiger partial charge in [0, 0.05) is 25.6 Å². The van der Waals surface area contributed by atoms with Crippen LogP contribution in [0.5, 0.6) is 0 Å². The smallest absolute Gasteiger partial charge is 0.222 e. The predicted octanol–water partition coefficient (Wildman–Crippen LogP) is 3.32. The van der Waals surface area contributed by atoms with Crippen LogP contribution in [-0.2, 0) is 4.79 Å². The summed E-state index contributed by atoms with van der Waals surface area (Å²) in [6.07, 6.45) is 10.2. The van der Waals surface area contributed by atoms with Crippen molar-refractivity contribution in [3.8, 4) is 0 Å². The summed E-state index contributed by atoms with van der Waals surface area (Å²) in [6, 6.07) is 0.413. The minimum absolute atomic E-state index is 0.387. The Bertz CT molecular complexity index is 313. The van der Waals surface area contributed by atoms with Gasteiger partial charge in [-0.3, -0.25) is 4.79 Å². The predicted molar refractivity (Wildman–Crippen MR) is 83.4 cm³/mol. The van der Waals surface area contributed by atoms with Gasteiger partial charge in [-0.25, -0.2) is 0 Å². The first-order valence-electron chi connectivity index (χ1n) is 8.56. The van der Waals surface area contributed by atoms with E-state index in [1.165, 1.54) is 32.1 Å². The van der Waals surface area contributed by atoms with Gasteiger partial charge in [-0.05, 0) is 56.3 Å². The van der Waals surface area contributed by atoms with Crippen molar-refractivity contribution in [3.63, 3.8) is 0 Å². The lowest BCUT2D eigenvalue weighted by molar-refractivity contribution is -0.133. The third-order valence-corrected chi connectivity index (χ3v) is 5.83. The average molecular weight is 280 g/mol. The Morgan fingerprint density at radius 3 is 2.35 bits per heavy atom. The highest BCUT2D eigenvalue weighted by atomic mass is 16.2. The standard InChI is InChI=1S/C17H32N2O/c1-3-17(2)10-12-19(13-11-17)16(20)9-6-14-4-7-15(18)8-5-14/h14-15H,3-13,18H2,1-2H3. The first-order valence-corrected chi connectivity index (χ1v) is 8.56. The number of carbonyl (C=O) groups excluding carboxylic acids is 1. The lowest BCUT2D eigenvalue weighted by Crippen LogP contribution is -2.42. The van der Waals surface area contributed by atoms with E-state index in [-0.39, 0.29) is 0 Å². The molecule has 2 aliphatic rings. The molecule has 3 nitrogen and oxygen atoms in total. The van der Waals surface area contributed by atoms with E-state index in [0.717, 1.165) is 44.7 Å². The van der Waals surface area contributed by atoms with E-state index < -0.39 is 0 Å². The van der Waals surface area contributed by atoms with E-state index >= 15 is 0 Å². The Hall–Kier alpha value is -0.570. The molecule has 1 aliphatic heterocycles. The number of carbonyl (C=O) groups is 1. The molecule has 0 unspecified atom stereocenters. The second-order valence-electron chi connectivity index (χ2n) is 7.36. The molecule has 1 heterocycles. The average Bonchev–Trinajstić information content (AvgIpc) is 2.47. The number of nitrogens with zero attached hydrogens (tertiary/aromatic N) is 1. The number of rotatable bonds is 4. The van der Waals surface area contributed by atoms with Crippen LogP contribution in [0.25, 0.3) is 0 Å². The first kappa shape index (κ1) is 15.8. The van der Waals surface area contributed by atoms with E-state index in [0.29, 0.717) is 17.4 Å². The molecule has 1 amide bonds. The van der Waals surface area contributed by atoms with Gasteiger partial charge in [0.1, 0.15) is 0 Å². The zero-order valence-electron chi connectivity index (χ0n) is 13.4. The Balaban J connectivity index is 1.68. The number of hydrogen-bond donors (Lipinski definition) is 1. The molecule has 1 aliphatic carbocycles. The Morgan fingerprint density at radius 1 is 1.20 bits per heavy atom. The summed E-state index contributed by atoms with van der Waals surface area (Å²) >= 11 is 0. The van der Waals surface area contributed by atoms with Crippen molar-refractivity contribution in [3.05, 3.63) is 0 Å². The largest absolute Gasteiger partial charge is 0.343 e. The summed E-state index contributed by atoms with van der Waals surface area (Å²) in [4.78, 5) is 14.4. The van der Waals surface area contributed by atoms with Gasteiger partial charge in [0.15, 0.2) is 0 Å². The van der Waals surface area contributed by atoms with Gasteiger partial charge in [-0.15, -0.1) is 0 Å². The van der Waals surface area contributed by atoms with Crippen molar-refractivity contribution in [2.75, 3.05) is 13.1 Å². The van der Waals surface area contributed by atoms with Gasteiger partial charge in [0.05, 0.1) is 0 Å². The Morgan fingerprint density at radius 2 is 1.80 bits per heavy atom. The van der Waals surface area contributed by atoms with Crippen molar-refractivity contribution in [1.29, 1.82) is 0 Å². The fourth-order valence-electron chi connectivity index (χ4n) is 3.61. The van der Waals surface area contributed by atoms with Gasteiger partial charge in [-0.1, -0.05) is 20.3 Å². The lowest BCUT2D eigenvalue weighted by Gasteiger charge is -2.39. The van der Waals surface area contributed by atoms with Crippen molar-refractivity contribution in [2.24, 2.45) is 17.1 Å². The maximum Gasteiger partial charge on any atom is 0.222 e. The van der Waals surface area contributed by atoms with E-state index in [4.69, 9.17) is 5.73 Å². The lowest BCUT2D eigenvalue weighted by atomic mass is 9.78. The minimum atomic E-state index is 0.387. The van der Waals surface area contributed by atoms with E-state index in [1.807, 2.05) is 0 Å². The molecule has 1 saturated heterocycles. The summed E-state index contributed by atoms with van der Waals surface area (Å²) in [5.41, 5.74) is 6.40. The fraction of sp³-hybridized carbons (Fsp3) is 0.941. The number of amides is 1. The molecule has 1 saturated carbocycles.